The Hall–Kier alpha value is -1.16. The van der Waals surface area contributed by atoms with Crippen LogP contribution in [0.5, 0.6) is 0 Å². The van der Waals surface area contributed by atoms with E-state index in [-0.39, 0.29) is 11.9 Å². The highest BCUT2D eigenvalue weighted by Gasteiger charge is 2.22. The van der Waals surface area contributed by atoms with Gasteiger partial charge < -0.3 is 4.74 Å². The summed E-state index contributed by atoms with van der Waals surface area (Å²) < 4.78 is 7.44. The predicted molar refractivity (Wildman–Crippen MR) is 69.5 cm³/mol. The zero-order valence-electron chi connectivity index (χ0n) is 11.3. The number of hydrogen-bond donors (Lipinski definition) is 0. The molecule has 0 bridgehead atoms. The average Bonchev–Trinajstić information content (AvgIpc) is 2.87. The van der Waals surface area contributed by atoms with E-state index in [0.29, 0.717) is 12.5 Å². The molecule has 1 aromatic rings. The number of ketones is 1. The molecular formula is C14H22N2O2. The van der Waals surface area contributed by atoms with E-state index < -0.39 is 0 Å². The van der Waals surface area contributed by atoms with Crippen LogP contribution in [-0.2, 0) is 16.0 Å². The monoisotopic (exact) mass is 250 g/mol. The summed E-state index contributed by atoms with van der Waals surface area (Å²) in [5.74, 6) is 0.170. The van der Waals surface area contributed by atoms with Crippen LogP contribution in [-0.4, -0.2) is 28.3 Å². The van der Waals surface area contributed by atoms with E-state index in [1.54, 1.807) is 0 Å². The van der Waals surface area contributed by atoms with Crippen molar-refractivity contribution in [3.63, 3.8) is 0 Å². The van der Waals surface area contributed by atoms with Crippen molar-refractivity contribution in [3.05, 3.63) is 18.0 Å². The Labute approximate surface area is 108 Å². The highest BCUT2D eigenvalue weighted by molar-refractivity contribution is 5.84. The maximum atomic E-state index is 12.0. The topological polar surface area (TPSA) is 44.1 Å². The Kier molecular flexibility index (Phi) is 4.53. The molecule has 18 heavy (non-hydrogen) atoms. The summed E-state index contributed by atoms with van der Waals surface area (Å²) >= 11 is 0. The first kappa shape index (κ1) is 13.3. The lowest BCUT2D eigenvalue weighted by molar-refractivity contribution is -0.132. The minimum absolute atomic E-state index is 0.170. The van der Waals surface area contributed by atoms with Gasteiger partial charge in [-0.05, 0) is 38.7 Å². The average molecular weight is 250 g/mol. The van der Waals surface area contributed by atoms with Crippen LogP contribution in [0.25, 0.3) is 0 Å². The molecule has 1 saturated heterocycles. The molecule has 0 aliphatic carbocycles. The molecule has 1 aromatic heterocycles. The third-order valence-electron chi connectivity index (χ3n) is 3.60. The van der Waals surface area contributed by atoms with Crippen LogP contribution in [0.1, 0.15) is 51.3 Å². The summed E-state index contributed by atoms with van der Waals surface area (Å²) in [6.07, 6.45) is 6.23. The van der Waals surface area contributed by atoms with Gasteiger partial charge in [-0.15, -0.1) is 0 Å². The second kappa shape index (κ2) is 6.14. The van der Waals surface area contributed by atoms with Gasteiger partial charge in [0, 0.05) is 18.8 Å². The van der Waals surface area contributed by atoms with Gasteiger partial charge in [-0.25, -0.2) is 0 Å². The van der Waals surface area contributed by atoms with Crippen LogP contribution >= 0.6 is 0 Å². The summed E-state index contributed by atoms with van der Waals surface area (Å²) in [7, 11) is 0. The van der Waals surface area contributed by atoms with Crippen LogP contribution in [0.3, 0.4) is 0 Å². The van der Waals surface area contributed by atoms with Gasteiger partial charge in [0.05, 0.1) is 12.1 Å². The largest absolute Gasteiger partial charge is 0.370 e. The molecule has 4 nitrogen and oxygen atoms in total. The van der Waals surface area contributed by atoms with Crippen LogP contribution in [0.15, 0.2) is 12.3 Å². The Bertz CT molecular complexity index is 394. The molecule has 4 heteroatoms. The second-order valence-electron chi connectivity index (χ2n) is 5.04. The number of hydrogen-bond acceptors (Lipinski definition) is 3. The normalized spacial score (nSPS) is 21.8. The summed E-state index contributed by atoms with van der Waals surface area (Å²) in [4.78, 5) is 12.0. The molecule has 1 aliphatic rings. The summed E-state index contributed by atoms with van der Waals surface area (Å²) in [6.45, 7) is 4.98. The summed E-state index contributed by atoms with van der Waals surface area (Å²) in [6, 6.07) is 2.33. The van der Waals surface area contributed by atoms with Gasteiger partial charge in [0.1, 0.15) is 6.10 Å². The first-order chi connectivity index (χ1) is 8.70. The van der Waals surface area contributed by atoms with E-state index in [2.05, 4.69) is 18.9 Å². The molecule has 0 N–H and O–H groups in total. The quantitative estimate of drug-likeness (QED) is 0.806. The van der Waals surface area contributed by atoms with Crippen molar-refractivity contribution in [2.45, 2.75) is 58.1 Å². The molecule has 2 rings (SSSR count). The van der Waals surface area contributed by atoms with E-state index in [1.807, 2.05) is 16.9 Å². The zero-order chi connectivity index (χ0) is 13.0. The Balaban J connectivity index is 1.92. The maximum absolute atomic E-state index is 12.0. The molecule has 1 aliphatic heterocycles. The minimum Gasteiger partial charge on any atom is -0.370 e. The van der Waals surface area contributed by atoms with Crippen molar-refractivity contribution >= 4 is 5.78 Å². The predicted octanol–water partition coefficient (Wildman–Crippen LogP) is 2.53. The zero-order valence-corrected chi connectivity index (χ0v) is 11.3. The van der Waals surface area contributed by atoms with Crippen molar-refractivity contribution in [2.75, 3.05) is 6.61 Å². The van der Waals surface area contributed by atoms with Crippen LogP contribution in [0.2, 0.25) is 0 Å². The van der Waals surface area contributed by atoms with Gasteiger partial charge in [-0.3, -0.25) is 9.48 Å². The molecule has 2 heterocycles. The van der Waals surface area contributed by atoms with Crippen molar-refractivity contribution in [1.29, 1.82) is 0 Å². The van der Waals surface area contributed by atoms with E-state index in [0.717, 1.165) is 38.0 Å². The van der Waals surface area contributed by atoms with Crippen LogP contribution < -0.4 is 0 Å². The molecular weight excluding hydrogens is 228 g/mol. The Morgan fingerprint density at radius 2 is 2.44 bits per heavy atom. The fraction of sp³-hybridized carbons (Fsp3) is 0.714. The lowest BCUT2D eigenvalue weighted by atomic mass is 10.0. The summed E-state index contributed by atoms with van der Waals surface area (Å²) in [5.41, 5.74) is 0.856. The Morgan fingerprint density at radius 3 is 3.11 bits per heavy atom. The minimum atomic E-state index is -0.201. The maximum Gasteiger partial charge on any atom is 0.167 e. The molecule has 2 atom stereocenters. The molecule has 100 valence electrons. The van der Waals surface area contributed by atoms with Crippen LogP contribution in [0.4, 0.5) is 0 Å². The highest BCUT2D eigenvalue weighted by atomic mass is 16.5. The number of nitrogens with zero attached hydrogens (tertiary/aromatic N) is 2. The molecule has 0 radical (unpaired) electrons. The van der Waals surface area contributed by atoms with Gasteiger partial charge in [0.25, 0.3) is 0 Å². The SMILES string of the molecule is CCC(C)n1ccc(CC(=O)C2CCCCO2)n1. The lowest BCUT2D eigenvalue weighted by Gasteiger charge is -2.20. The number of rotatable bonds is 5. The van der Waals surface area contributed by atoms with Gasteiger partial charge in [0.15, 0.2) is 5.78 Å². The fourth-order valence-electron chi connectivity index (χ4n) is 2.19. The van der Waals surface area contributed by atoms with E-state index in [4.69, 9.17) is 4.74 Å². The van der Waals surface area contributed by atoms with Gasteiger partial charge in [-0.2, -0.15) is 5.10 Å². The number of aromatic nitrogens is 2. The number of carbonyl (C=O) groups excluding carboxylic acids is 1. The van der Waals surface area contributed by atoms with Crippen molar-refractivity contribution in [2.24, 2.45) is 0 Å². The van der Waals surface area contributed by atoms with Crippen molar-refractivity contribution in [1.82, 2.24) is 9.78 Å². The van der Waals surface area contributed by atoms with E-state index in [1.165, 1.54) is 0 Å². The molecule has 0 aromatic carbocycles. The molecule has 1 fully saturated rings. The van der Waals surface area contributed by atoms with Gasteiger partial charge in [0.2, 0.25) is 0 Å². The van der Waals surface area contributed by atoms with Gasteiger partial charge >= 0.3 is 0 Å². The van der Waals surface area contributed by atoms with Crippen molar-refractivity contribution in [3.8, 4) is 0 Å². The molecule has 0 spiro atoms. The first-order valence-electron chi connectivity index (χ1n) is 6.89. The third kappa shape index (κ3) is 3.19. The standard InChI is InChI=1S/C14H22N2O2/c1-3-11(2)16-8-7-12(15-16)10-13(17)14-6-4-5-9-18-14/h7-8,11,14H,3-6,9-10H2,1-2H3. The number of carbonyl (C=O) groups is 1. The van der Waals surface area contributed by atoms with Crippen LogP contribution in [0, 0.1) is 0 Å². The fourth-order valence-corrected chi connectivity index (χ4v) is 2.19. The van der Waals surface area contributed by atoms with E-state index >= 15 is 0 Å². The lowest BCUT2D eigenvalue weighted by Crippen LogP contribution is -2.29. The smallest absolute Gasteiger partial charge is 0.167 e. The number of ether oxygens (including phenoxy) is 1. The second-order valence-corrected chi connectivity index (χ2v) is 5.04. The first-order valence-corrected chi connectivity index (χ1v) is 6.89. The molecule has 0 amide bonds. The number of Topliss-reactive ketones (excluding diaryl/α,β-unsaturated/α-hetero) is 1. The third-order valence-corrected chi connectivity index (χ3v) is 3.60. The highest BCUT2D eigenvalue weighted by Crippen LogP contribution is 2.16. The van der Waals surface area contributed by atoms with Gasteiger partial charge in [-0.1, -0.05) is 6.92 Å². The summed E-state index contributed by atoms with van der Waals surface area (Å²) in [5, 5.41) is 4.46. The Morgan fingerprint density at radius 1 is 1.61 bits per heavy atom. The van der Waals surface area contributed by atoms with E-state index in [9.17, 15) is 4.79 Å². The molecule has 0 saturated carbocycles. The van der Waals surface area contributed by atoms with Crippen molar-refractivity contribution < 1.29 is 9.53 Å². The molecule has 2 unspecified atom stereocenters.